The fraction of sp³-hybridized carbons (Fsp3) is 0.111. The molecule has 0 aromatic heterocycles. The summed E-state index contributed by atoms with van der Waals surface area (Å²) in [4.78, 5) is 40.8. The SMILES string of the molecule is CC(/C=C\C(C)=N\Nc1ccc([N+](=O)[O-])cc1[N+](=O)[O-])=N\Nc1ccc([N+](=O)[O-])cc1[N+](=O)[O-]. The van der Waals surface area contributed by atoms with Gasteiger partial charge in [-0.25, -0.2) is 0 Å². The van der Waals surface area contributed by atoms with E-state index in [-0.39, 0.29) is 11.4 Å². The van der Waals surface area contributed by atoms with Crippen molar-refractivity contribution in [1.82, 2.24) is 0 Å². The highest BCUT2D eigenvalue weighted by Crippen LogP contribution is 2.30. The van der Waals surface area contributed by atoms with E-state index < -0.39 is 42.4 Å². The lowest BCUT2D eigenvalue weighted by Gasteiger charge is -2.03. The summed E-state index contributed by atoms with van der Waals surface area (Å²) in [5.74, 6) is 0. The molecular weight excluding hydrogens is 456 g/mol. The number of rotatable bonds is 10. The molecule has 0 saturated heterocycles. The summed E-state index contributed by atoms with van der Waals surface area (Å²) < 4.78 is 0. The van der Waals surface area contributed by atoms with Gasteiger partial charge in [0.15, 0.2) is 0 Å². The number of nitro groups is 4. The normalized spacial score (nSPS) is 11.8. The number of nitrogens with one attached hydrogen (secondary N) is 2. The van der Waals surface area contributed by atoms with E-state index in [1.807, 2.05) is 0 Å². The zero-order chi connectivity index (χ0) is 25.4. The smallest absolute Gasteiger partial charge is 0.271 e. The van der Waals surface area contributed by atoms with E-state index in [4.69, 9.17) is 0 Å². The Morgan fingerprint density at radius 2 is 1.03 bits per heavy atom. The van der Waals surface area contributed by atoms with Crippen molar-refractivity contribution in [1.29, 1.82) is 0 Å². The monoisotopic (exact) mass is 472 g/mol. The minimum Gasteiger partial charge on any atom is -0.271 e. The van der Waals surface area contributed by atoms with Gasteiger partial charge in [-0.15, -0.1) is 0 Å². The van der Waals surface area contributed by atoms with E-state index in [1.165, 1.54) is 12.2 Å². The molecule has 0 spiro atoms. The Bertz CT molecular complexity index is 1160. The Balaban J connectivity index is 2.12. The average Bonchev–Trinajstić information content (AvgIpc) is 2.79. The first-order valence-corrected chi connectivity index (χ1v) is 9.14. The van der Waals surface area contributed by atoms with Gasteiger partial charge < -0.3 is 0 Å². The molecule has 0 bridgehead atoms. The third kappa shape index (κ3) is 6.61. The molecule has 0 amide bonds. The maximum atomic E-state index is 11.1. The molecule has 0 heterocycles. The summed E-state index contributed by atoms with van der Waals surface area (Å²) in [5.41, 5.74) is 3.59. The van der Waals surface area contributed by atoms with E-state index in [0.717, 1.165) is 36.4 Å². The number of hydrazone groups is 2. The van der Waals surface area contributed by atoms with Crippen LogP contribution >= 0.6 is 0 Å². The van der Waals surface area contributed by atoms with Gasteiger partial charge in [-0.05, 0) is 38.1 Å². The second-order valence-corrected chi connectivity index (χ2v) is 6.49. The first-order valence-electron chi connectivity index (χ1n) is 9.14. The summed E-state index contributed by atoms with van der Waals surface area (Å²) in [6.45, 7) is 3.12. The van der Waals surface area contributed by atoms with Crippen LogP contribution in [0.4, 0.5) is 34.1 Å². The molecule has 0 atom stereocenters. The Hall–Kier alpha value is -5.28. The van der Waals surface area contributed by atoms with Crippen LogP contribution in [0.3, 0.4) is 0 Å². The summed E-state index contributed by atoms with van der Waals surface area (Å²) in [7, 11) is 0. The van der Waals surface area contributed by atoms with E-state index in [1.54, 1.807) is 13.8 Å². The molecule has 2 N–H and O–H groups in total. The molecule has 0 fully saturated rings. The molecule has 0 aliphatic carbocycles. The lowest BCUT2D eigenvalue weighted by Crippen LogP contribution is -2.01. The van der Waals surface area contributed by atoms with Gasteiger partial charge in [0, 0.05) is 12.1 Å². The highest BCUT2D eigenvalue weighted by atomic mass is 16.6. The largest absolute Gasteiger partial charge is 0.301 e. The molecular formula is C18H16N8O8. The highest BCUT2D eigenvalue weighted by molar-refractivity contribution is 6.02. The highest BCUT2D eigenvalue weighted by Gasteiger charge is 2.20. The van der Waals surface area contributed by atoms with Crippen LogP contribution in [0.2, 0.25) is 0 Å². The fourth-order valence-corrected chi connectivity index (χ4v) is 2.37. The number of anilines is 2. The second kappa shape index (κ2) is 10.8. The number of hydrogen-bond donors (Lipinski definition) is 2. The van der Waals surface area contributed by atoms with Crippen LogP contribution in [-0.2, 0) is 0 Å². The molecule has 2 aromatic carbocycles. The molecule has 0 aliphatic rings. The maximum absolute atomic E-state index is 11.1. The van der Waals surface area contributed by atoms with E-state index in [2.05, 4.69) is 21.1 Å². The van der Waals surface area contributed by atoms with Crippen LogP contribution in [0.1, 0.15) is 13.8 Å². The molecule has 2 aromatic rings. The molecule has 0 aliphatic heterocycles. The average molecular weight is 472 g/mol. The fourth-order valence-electron chi connectivity index (χ4n) is 2.37. The van der Waals surface area contributed by atoms with Crippen LogP contribution in [0.15, 0.2) is 58.8 Å². The number of hydrogen-bond acceptors (Lipinski definition) is 12. The van der Waals surface area contributed by atoms with Gasteiger partial charge in [0.1, 0.15) is 11.4 Å². The molecule has 0 saturated carbocycles. The van der Waals surface area contributed by atoms with Crippen LogP contribution in [0.25, 0.3) is 0 Å². The van der Waals surface area contributed by atoms with Crippen LogP contribution in [0.5, 0.6) is 0 Å². The van der Waals surface area contributed by atoms with Crippen LogP contribution in [0, 0.1) is 40.5 Å². The van der Waals surface area contributed by atoms with Crippen LogP contribution in [-0.4, -0.2) is 31.1 Å². The van der Waals surface area contributed by atoms with Crippen molar-refractivity contribution in [2.24, 2.45) is 10.2 Å². The first-order chi connectivity index (χ1) is 16.0. The van der Waals surface area contributed by atoms with Crippen LogP contribution < -0.4 is 10.9 Å². The number of nitro benzene ring substituents is 4. The van der Waals surface area contributed by atoms with Crippen molar-refractivity contribution in [3.8, 4) is 0 Å². The van der Waals surface area contributed by atoms with Gasteiger partial charge in [0.05, 0.1) is 43.2 Å². The second-order valence-electron chi connectivity index (χ2n) is 6.49. The topological polar surface area (TPSA) is 221 Å². The lowest BCUT2D eigenvalue weighted by molar-refractivity contribution is -0.393. The molecule has 0 radical (unpaired) electrons. The van der Waals surface area contributed by atoms with Gasteiger partial charge in [-0.3, -0.25) is 51.3 Å². The standard InChI is InChI=1S/C18H16N8O8/c1-11(19-21-15-7-5-13(23(27)28)9-17(15)25(31)32)3-4-12(2)20-22-16-8-6-14(24(29)30)10-18(16)26(33)34/h3-10,21-22H,1-2H3/b4-3-,19-11+,20-12+. The Labute approximate surface area is 189 Å². The van der Waals surface area contributed by atoms with Crippen molar-refractivity contribution in [3.63, 3.8) is 0 Å². The summed E-state index contributed by atoms with van der Waals surface area (Å²) >= 11 is 0. The number of allylic oxidation sites excluding steroid dienone is 2. The zero-order valence-corrected chi connectivity index (χ0v) is 17.6. The summed E-state index contributed by atoms with van der Waals surface area (Å²) in [6.07, 6.45) is 2.96. The first kappa shape index (κ1) is 25.0. The molecule has 2 rings (SSSR count). The van der Waals surface area contributed by atoms with Crippen molar-refractivity contribution in [3.05, 3.63) is 89.0 Å². The molecule has 34 heavy (non-hydrogen) atoms. The lowest BCUT2D eigenvalue weighted by atomic mass is 10.2. The quantitative estimate of drug-likeness (QED) is 0.285. The van der Waals surface area contributed by atoms with Crippen molar-refractivity contribution >= 4 is 45.5 Å². The molecule has 16 heteroatoms. The van der Waals surface area contributed by atoms with Gasteiger partial charge in [-0.1, -0.05) is 0 Å². The van der Waals surface area contributed by atoms with Crippen molar-refractivity contribution < 1.29 is 19.7 Å². The minimum atomic E-state index is -0.782. The molecule has 176 valence electrons. The molecule has 0 unspecified atom stereocenters. The van der Waals surface area contributed by atoms with Gasteiger partial charge in [-0.2, -0.15) is 10.2 Å². The number of nitrogens with zero attached hydrogens (tertiary/aromatic N) is 6. The van der Waals surface area contributed by atoms with Gasteiger partial charge >= 0.3 is 11.4 Å². The van der Waals surface area contributed by atoms with Gasteiger partial charge in [0.2, 0.25) is 0 Å². The number of benzene rings is 2. The van der Waals surface area contributed by atoms with Crippen molar-refractivity contribution in [2.75, 3.05) is 10.9 Å². The zero-order valence-electron chi connectivity index (χ0n) is 17.6. The Kier molecular flexibility index (Phi) is 7.97. The predicted octanol–water partition coefficient (Wildman–Crippen LogP) is 4.15. The van der Waals surface area contributed by atoms with E-state index >= 15 is 0 Å². The summed E-state index contributed by atoms with van der Waals surface area (Å²) in [5, 5.41) is 51.8. The third-order valence-corrected chi connectivity index (χ3v) is 4.05. The van der Waals surface area contributed by atoms with Crippen molar-refractivity contribution in [2.45, 2.75) is 13.8 Å². The Morgan fingerprint density at radius 1 is 0.676 bits per heavy atom. The minimum absolute atomic E-state index is 0.0547. The molecule has 16 nitrogen and oxygen atoms in total. The van der Waals surface area contributed by atoms with Gasteiger partial charge in [0.25, 0.3) is 11.4 Å². The Morgan fingerprint density at radius 3 is 1.32 bits per heavy atom. The maximum Gasteiger partial charge on any atom is 0.301 e. The van der Waals surface area contributed by atoms with E-state index in [9.17, 15) is 40.5 Å². The predicted molar refractivity (Wildman–Crippen MR) is 122 cm³/mol. The number of non-ortho nitro benzene ring substituents is 2. The summed E-state index contributed by atoms with van der Waals surface area (Å²) in [6, 6.07) is 6.12. The third-order valence-electron chi connectivity index (χ3n) is 4.05. The van der Waals surface area contributed by atoms with E-state index in [0.29, 0.717) is 11.4 Å².